The minimum absolute atomic E-state index is 0.146. The summed E-state index contributed by atoms with van der Waals surface area (Å²) >= 11 is 0. The van der Waals surface area contributed by atoms with Crippen molar-refractivity contribution in [2.75, 3.05) is 6.61 Å². The summed E-state index contributed by atoms with van der Waals surface area (Å²) in [5.41, 5.74) is 0.726. The van der Waals surface area contributed by atoms with Crippen LogP contribution in [0.2, 0.25) is 6.55 Å². The van der Waals surface area contributed by atoms with Crippen molar-refractivity contribution >= 4 is 9.52 Å². The zero-order valence-electron chi connectivity index (χ0n) is 7.51. The molecule has 0 N–H and O–H groups in total. The predicted octanol–water partition coefficient (Wildman–Crippen LogP) is 1.74. The number of ether oxygens (including phenoxy) is 1. The van der Waals surface area contributed by atoms with Crippen molar-refractivity contribution in [3.05, 3.63) is 19.6 Å². The number of hydrogen-bond acceptors (Lipinski definition) is 1. The molecule has 1 unspecified atom stereocenters. The van der Waals surface area contributed by atoms with Gasteiger partial charge in [0.05, 0.1) is 9.52 Å². The van der Waals surface area contributed by atoms with Crippen LogP contribution in [0.1, 0.15) is 19.3 Å². The summed E-state index contributed by atoms with van der Waals surface area (Å²) in [6, 6.07) is 0. The van der Waals surface area contributed by atoms with Crippen LogP contribution in [0, 0.1) is 6.92 Å². The van der Waals surface area contributed by atoms with Gasteiger partial charge in [-0.2, -0.15) is 0 Å². The minimum Gasteiger partial charge on any atom is -0.382 e. The van der Waals surface area contributed by atoms with E-state index >= 15 is 0 Å². The standard InChI is InChI=1S/C6H14OSi.C3H5/c1-8-6-4-2-3-5-7-6;1-3-2/h6H,2-5,8H2,1H3;3H,1-2H2. The lowest BCUT2D eigenvalue weighted by Crippen LogP contribution is -2.23. The molecule has 0 aromatic heterocycles. The van der Waals surface area contributed by atoms with Gasteiger partial charge in [-0.3, -0.25) is 0 Å². The Balaban J connectivity index is 0.000000292. The summed E-state index contributed by atoms with van der Waals surface area (Å²) in [6.45, 7) is 9.86. The monoisotopic (exact) mass is 171 g/mol. The van der Waals surface area contributed by atoms with Crippen LogP contribution in [0.15, 0.2) is 12.7 Å². The quantitative estimate of drug-likeness (QED) is 0.546. The highest BCUT2D eigenvalue weighted by Crippen LogP contribution is 2.10. The van der Waals surface area contributed by atoms with E-state index < -0.39 is 0 Å². The van der Waals surface area contributed by atoms with Crippen molar-refractivity contribution in [3.63, 3.8) is 0 Å². The van der Waals surface area contributed by atoms with Gasteiger partial charge in [0.2, 0.25) is 0 Å². The molecule has 0 aromatic rings. The average molecular weight is 171 g/mol. The van der Waals surface area contributed by atoms with E-state index in [4.69, 9.17) is 4.74 Å². The highest BCUT2D eigenvalue weighted by Gasteiger charge is 2.10. The zero-order valence-corrected chi connectivity index (χ0v) is 8.93. The van der Waals surface area contributed by atoms with Crippen molar-refractivity contribution in [2.45, 2.75) is 31.5 Å². The predicted molar refractivity (Wildman–Crippen MR) is 53.6 cm³/mol. The second kappa shape index (κ2) is 8.02. The van der Waals surface area contributed by atoms with Crippen LogP contribution in [-0.2, 0) is 4.74 Å². The molecule has 2 heteroatoms. The van der Waals surface area contributed by atoms with Gasteiger partial charge in [0.1, 0.15) is 0 Å². The number of hydrogen-bond donors (Lipinski definition) is 0. The molecule has 1 fully saturated rings. The summed E-state index contributed by atoms with van der Waals surface area (Å²) < 4.78 is 5.49. The lowest BCUT2D eigenvalue weighted by atomic mass is 10.2. The highest BCUT2D eigenvalue weighted by atomic mass is 28.2. The third-order valence-corrected chi connectivity index (χ3v) is 3.28. The van der Waals surface area contributed by atoms with Crippen LogP contribution in [-0.4, -0.2) is 21.9 Å². The van der Waals surface area contributed by atoms with Crippen LogP contribution in [0.5, 0.6) is 0 Å². The van der Waals surface area contributed by atoms with E-state index in [1.807, 2.05) is 0 Å². The Morgan fingerprint density at radius 1 is 1.55 bits per heavy atom. The molecule has 1 radical (unpaired) electrons. The van der Waals surface area contributed by atoms with Crippen molar-refractivity contribution in [3.8, 4) is 0 Å². The fraction of sp³-hybridized carbons (Fsp3) is 0.667. The van der Waals surface area contributed by atoms with Crippen LogP contribution < -0.4 is 0 Å². The first kappa shape index (κ1) is 10.9. The number of rotatable bonds is 1. The Hall–Kier alpha value is -0.0831. The summed E-state index contributed by atoms with van der Waals surface area (Å²) in [7, 11) is 0.146. The van der Waals surface area contributed by atoms with Gasteiger partial charge >= 0.3 is 0 Å². The smallest absolute Gasteiger partial charge is 0.0525 e. The van der Waals surface area contributed by atoms with Crippen LogP contribution >= 0.6 is 0 Å². The minimum atomic E-state index is 0.146. The molecule has 0 spiro atoms. The number of allylic oxidation sites excluding steroid dienone is 1. The van der Waals surface area contributed by atoms with Gasteiger partial charge in [-0.15, -0.1) is 6.58 Å². The molecule has 0 amide bonds. The van der Waals surface area contributed by atoms with Gasteiger partial charge in [0.25, 0.3) is 0 Å². The summed E-state index contributed by atoms with van der Waals surface area (Å²) in [4.78, 5) is 0. The lowest BCUT2D eigenvalue weighted by Gasteiger charge is -2.20. The summed E-state index contributed by atoms with van der Waals surface area (Å²) in [6.07, 6.45) is 5.55. The molecule has 1 aliphatic heterocycles. The summed E-state index contributed by atoms with van der Waals surface area (Å²) in [5.74, 6) is 0. The van der Waals surface area contributed by atoms with Gasteiger partial charge in [0.15, 0.2) is 0 Å². The fourth-order valence-corrected chi connectivity index (χ4v) is 2.23. The van der Waals surface area contributed by atoms with Crippen molar-refractivity contribution in [1.82, 2.24) is 0 Å². The molecule has 0 saturated carbocycles. The maximum absolute atomic E-state index is 5.49. The SMILES string of the molecule is C[SiH2]C1CCCCO1.[CH2]C=C. The van der Waals surface area contributed by atoms with E-state index in [-0.39, 0.29) is 9.52 Å². The molecular formula is C9H19OSi. The Morgan fingerprint density at radius 3 is 2.45 bits per heavy atom. The Labute approximate surface area is 72.7 Å². The van der Waals surface area contributed by atoms with Gasteiger partial charge in [-0.05, 0) is 26.2 Å². The van der Waals surface area contributed by atoms with Crippen molar-refractivity contribution in [2.24, 2.45) is 0 Å². The summed E-state index contributed by atoms with van der Waals surface area (Å²) in [5, 5.41) is 0. The second-order valence-electron chi connectivity index (χ2n) is 2.69. The third-order valence-electron chi connectivity index (χ3n) is 1.73. The van der Waals surface area contributed by atoms with Crippen LogP contribution in [0.25, 0.3) is 0 Å². The molecule has 1 heterocycles. The third kappa shape index (κ3) is 6.32. The zero-order chi connectivity index (χ0) is 8.53. The van der Waals surface area contributed by atoms with E-state index in [9.17, 15) is 0 Å². The molecule has 0 bridgehead atoms. The normalized spacial score (nSPS) is 24.4. The van der Waals surface area contributed by atoms with E-state index in [1.54, 1.807) is 0 Å². The van der Waals surface area contributed by atoms with E-state index in [0.717, 1.165) is 12.3 Å². The maximum Gasteiger partial charge on any atom is 0.0525 e. The van der Waals surface area contributed by atoms with Gasteiger partial charge in [-0.1, -0.05) is 12.6 Å². The van der Waals surface area contributed by atoms with Crippen LogP contribution in [0.4, 0.5) is 0 Å². The fourth-order valence-electron chi connectivity index (χ4n) is 1.13. The first-order valence-corrected chi connectivity index (χ1v) is 6.60. The molecule has 65 valence electrons. The van der Waals surface area contributed by atoms with Gasteiger partial charge in [0, 0.05) is 12.3 Å². The first-order valence-electron chi connectivity index (χ1n) is 4.36. The van der Waals surface area contributed by atoms with Crippen molar-refractivity contribution in [1.29, 1.82) is 0 Å². The molecule has 0 aliphatic carbocycles. The molecule has 0 aromatic carbocycles. The second-order valence-corrected chi connectivity index (χ2v) is 4.41. The Kier molecular flexibility index (Phi) is 7.96. The maximum atomic E-state index is 5.49. The molecule has 1 aliphatic rings. The van der Waals surface area contributed by atoms with Gasteiger partial charge in [-0.25, -0.2) is 0 Å². The van der Waals surface area contributed by atoms with Crippen LogP contribution in [0.3, 0.4) is 0 Å². The largest absolute Gasteiger partial charge is 0.382 e. The van der Waals surface area contributed by atoms with E-state index in [2.05, 4.69) is 20.0 Å². The first-order chi connectivity index (χ1) is 5.35. The molecule has 11 heavy (non-hydrogen) atoms. The average Bonchev–Trinajstić information content (AvgIpc) is 2.08. The highest BCUT2D eigenvalue weighted by molar-refractivity contribution is 6.35. The van der Waals surface area contributed by atoms with E-state index in [1.165, 1.54) is 25.3 Å². The topological polar surface area (TPSA) is 9.23 Å². The molecule has 1 rings (SSSR count). The molecular weight excluding hydrogens is 152 g/mol. The van der Waals surface area contributed by atoms with Crippen molar-refractivity contribution < 1.29 is 4.74 Å². The Morgan fingerprint density at radius 2 is 2.18 bits per heavy atom. The lowest BCUT2D eigenvalue weighted by molar-refractivity contribution is 0.0655. The molecule has 1 saturated heterocycles. The van der Waals surface area contributed by atoms with Gasteiger partial charge < -0.3 is 4.74 Å². The molecule has 1 nitrogen and oxygen atoms in total. The molecule has 1 atom stereocenters. The van der Waals surface area contributed by atoms with E-state index in [0.29, 0.717) is 0 Å². The Bertz CT molecular complexity index is 87.6.